The zero-order valence-electron chi connectivity index (χ0n) is 34.8. The normalized spacial score (nSPS) is 12.8. The maximum absolute atomic E-state index is 9.07. The molecule has 0 radical (unpaired) electrons. The van der Waals surface area contributed by atoms with E-state index in [0.717, 1.165) is 22.3 Å². The van der Waals surface area contributed by atoms with Crippen molar-refractivity contribution in [3.63, 3.8) is 0 Å². The molecule has 0 amide bonds. The molecule has 262 valence electrons. The zero-order valence-corrected chi connectivity index (χ0v) is 30.6. The van der Waals surface area contributed by atoms with Gasteiger partial charge in [0, 0.05) is 47.6 Å². The summed E-state index contributed by atoms with van der Waals surface area (Å²) in [6, 6.07) is 53.7. The minimum atomic E-state index is -0.114. The molecule has 0 N–H and O–H groups in total. The Morgan fingerprint density at radius 1 is 0.393 bits per heavy atom. The summed E-state index contributed by atoms with van der Waals surface area (Å²) in [6.07, 6.45) is 0. The number of hydrogen-bond donors (Lipinski definition) is 0. The SMILES string of the molecule is [2H]c1ccc2c(c1[2H])c1c([2H])c([2H])cc([2H])c1n2-c1ccccc1-c1nc(-c2ccccc2)nc(-c2cccc(-c3cccc4c3sc3c(-c5ccccc5)cccc34)c2)n1. The van der Waals surface area contributed by atoms with Crippen LogP contribution in [-0.4, -0.2) is 19.5 Å². The predicted octanol–water partition coefficient (Wildman–Crippen LogP) is 13.7. The molecule has 11 rings (SSSR count). The summed E-state index contributed by atoms with van der Waals surface area (Å²) >= 11 is 1.81. The van der Waals surface area contributed by atoms with Gasteiger partial charge < -0.3 is 4.57 Å². The second kappa shape index (κ2) is 13.3. The van der Waals surface area contributed by atoms with Gasteiger partial charge in [0.1, 0.15) is 0 Å². The van der Waals surface area contributed by atoms with E-state index in [1.165, 1.54) is 37.4 Å². The number of nitrogens with zero attached hydrogens (tertiary/aromatic N) is 4. The summed E-state index contributed by atoms with van der Waals surface area (Å²) in [5, 5.41) is 3.09. The fourth-order valence-electron chi connectivity index (χ4n) is 7.75. The predicted molar refractivity (Wildman–Crippen MR) is 234 cm³/mol. The van der Waals surface area contributed by atoms with Crippen LogP contribution in [0, 0.1) is 0 Å². The first kappa shape index (κ1) is 27.4. The minimum absolute atomic E-state index is 0.00137. The van der Waals surface area contributed by atoms with Crippen molar-refractivity contribution >= 4 is 53.3 Å². The molecule has 56 heavy (non-hydrogen) atoms. The quantitative estimate of drug-likeness (QED) is 0.171. The van der Waals surface area contributed by atoms with Crippen LogP contribution in [0.25, 0.3) is 104 Å². The second-order valence-corrected chi connectivity index (χ2v) is 14.6. The maximum Gasteiger partial charge on any atom is 0.166 e. The van der Waals surface area contributed by atoms with Crippen molar-refractivity contribution in [2.45, 2.75) is 0 Å². The van der Waals surface area contributed by atoms with E-state index in [2.05, 4.69) is 72.8 Å². The number of aromatic nitrogens is 4. The summed E-state index contributed by atoms with van der Waals surface area (Å²) in [4.78, 5) is 15.3. The van der Waals surface area contributed by atoms with E-state index in [0.29, 0.717) is 50.5 Å². The number of thiophene rings is 1. The van der Waals surface area contributed by atoms with Crippen LogP contribution in [0.3, 0.4) is 0 Å². The average molecular weight is 738 g/mol. The van der Waals surface area contributed by atoms with E-state index in [-0.39, 0.29) is 30.2 Å². The lowest BCUT2D eigenvalue weighted by molar-refractivity contribution is 1.06. The summed E-state index contributed by atoms with van der Waals surface area (Å²) < 4.78 is 48.1. The van der Waals surface area contributed by atoms with Crippen LogP contribution < -0.4 is 0 Å². The van der Waals surface area contributed by atoms with Crippen LogP contribution in [0.5, 0.6) is 0 Å². The maximum atomic E-state index is 9.07. The first-order chi connectivity index (χ1) is 29.8. The van der Waals surface area contributed by atoms with Crippen LogP contribution in [0.15, 0.2) is 194 Å². The number of fused-ring (bicyclic) bond motifs is 6. The van der Waals surface area contributed by atoms with Gasteiger partial charge in [-0.25, -0.2) is 15.0 Å². The lowest BCUT2D eigenvalue weighted by Crippen LogP contribution is -2.03. The standard InChI is InChI=1S/C51H32N4S/c1-3-16-33(17-4-1)37-25-14-27-41-42-28-15-26-38(48(42)56-47(37)41)35-20-13-21-36(32-35)50-52-49(34-18-5-2-6-19-34)53-51(54-50)43-24-9-12-31-46(43)55-44-29-10-7-22-39(44)40-23-8-11-30-45(40)55/h1-32H/i7D,8D,22D,23D,29D. The zero-order chi connectivity index (χ0) is 41.4. The van der Waals surface area contributed by atoms with E-state index >= 15 is 0 Å². The molecular weight excluding hydrogens is 701 g/mol. The molecule has 0 saturated carbocycles. The van der Waals surface area contributed by atoms with Crippen LogP contribution in [0.4, 0.5) is 0 Å². The molecule has 0 bridgehead atoms. The van der Waals surface area contributed by atoms with Gasteiger partial charge in [0.15, 0.2) is 17.5 Å². The smallest absolute Gasteiger partial charge is 0.166 e. The number of hydrogen-bond acceptors (Lipinski definition) is 4. The van der Waals surface area contributed by atoms with Crippen LogP contribution in [0.2, 0.25) is 0 Å². The Labute approximate surface area is 334 Å². The second-order valence-electron chi connectivity index (χ2n) is 13.6. The van der Waals surface area contributed by atoms with Gasteiger partial charge >= 0.3 is 0 Å². The summed E-state index contributed by atoms with van der Waals surface area (Å²) in [5.74, 6) is 1.38. The molecule has 0 unspecified atom stereocenters. The Hall–Kier alpha value is -7.21. The molecular formula is C51H32N4S. The molecule has 0 saturated heterocycles. The Morgan fingerprint density at radius 2 is 0.946 bits per heavy atom. The molecule has 0 aliphatic heterocycles. The highest BCUT2D eigenvalue weighted by Crippen LogP contribution is 2.44. The van der Waals surface area contributed by atoms with Crippen molar-refractivity contribution in [1.82, 2.24) is 19.5 Å². The van der Waals surface area contributed by atoms with Gasteiger partial charge in [-0.15, -0.1) is 11.3 Å². The van der Waals surface area contributed by atoms with Crippen molar-refractivity contribution in [2.24, 2.45) is 0 Å². The van der Waals surface area contributed by atoms with E-state index in [1.807, 2.05) is 88.7 Å². The first-order valence-electron chi connectivity index (χ1n) is 20.9. The highest BCUT2D eigenvalue weighted by molar-refractivity contribution is 7.26. The topological polar surface area (TPSA) is 43.6 Å². The molecule has 0 aliphatic rings. The van der Waals surface area contributed by atoms with Crippen molar-refractivity contribution in [1.29, 1.82) is 0 Å². The van der Waals surface area contributed by atoms with Crippen molar-refractivity contribution in [2.75, 3.05) is 0 Å². The first-order valence-corrected chi connectivity index (χ1v) is 19.2. The van der Waals surface area contributed by atoms with Gasteiger partial charge in [-0.05, 0) is 52.6 Å². The van der Waals surface area contributed by atoms with Crippen LogP contribution >= 0.6 is 11.3 Å². The van der Waals surface area contributed by atoms with Crippen molar-refractivity contribution in [3.05, 3.63) is 194 Å². The number of benzene rings is 8. The summed E-state index contributed by atoms with van der Waals surface area (Å²) in [6.45, 7) is 0. The molecule has 4 nitrogen and oxygen atoms in total. The minimum Gasteiger partial charge on any atom is -0.309 e. The van der Waals surface area contributed by atoms with E-state index < -0.39 is 0 Å². The third-order valence-corrected chi connectivity index (χ3v) is 11.6. The lowest BCUT2D eigenvalue weighted by Gasteiger charge is -2.14. The fraction of sp³-hybridized carbons (Fsp3) is 0. The highest BCUT2D eigenvalue weighted by Gasteiger charge is 2.20. The van der Waals surface area contributed by atoms with Gasteiger partial charge in [-0.3, -0.25) is 0 Å². The number of rotatable bonds is 6. The van der Waals surface area contributed by atoms with Gasteiger partial charge in [-0.2, -0.15) is 0 Å². The van der Waals surface area contributed by atoms with Gasteiger partial charge in [0.25, 0.3) is 0 Å². The Morgan fingerprint density at radius 3 is 1.71 bits per heavy atom. The summed E-state index contributed by atoms with van der Waals surface area (Å²) in [5.41, 5.74) is 8.38. The summed E-state index contributed by atoms with van der Waals surface area (Å²) in [7, 11) is 0. The third kappa shape index (κ3) is 5.32. The Kier molecular flexibility index (Phi) is 6.49. The van der Waals surface area contributed by atoms with Gasteiger partial charge in [0.05, 0.1) is 23.6 Å². The average Bonchev–Trinajstić information content (AvgIpc) is 3.87. The van der Waals surface area contributed by atoms with E-state index in [4.69, 9.17) is 21.8 Å². The van der Waals surface area contributed by atoms with E-state index in [1.54, 1.807) is 12.1 Å². The van der Waals surface area contributed by atoms with E-state index in [9.17, 15) is 0 Å². The molecule has 5 heteroatoms. The Balaban J connectivity index is 1.11. The molecule has 8 aromatic carbocycles. The molecule has 0 fully saturated rings. The molecule has 3 aromatic heterocycles. The number of para-hydroxylation sites is 3. The van der Waals surface area contributed by atoms with Gasteiger partial charge in [-0.1, -0.05) is 164 Å². The lowest BCUT2D eigenvalue weighted by atomic mass is 9.99. The molecule has 0 aliphatic carbocycles. The molecule has 0 spiro atoms. The van der Waals surface area contributed by atoms with Crippen LogP contribution in [-0.2, 0) is 0 Å². The molecule has 3 heterocycles. The third-order valence-electron chi connectivity index (χ3n) is 10.3. The largest absolute Gasteiger partial charge is 0.309 e. The monoisotopic (exact) mass is 737 g/mol. The molecule has 11 aromatic rings. The fourth-order valence-corrected chi connectivity index (χ4v) is 9.12. The van der Waals surface area contributed by atoms with Crippen LogP contribution in [0.1, 0.15) is 6.85 Å². The molecule has 0 atom stereocenters. The Bertz CT molecular complexity index is 3550. The highest BCUT2D eigenvalue weighted by atomic mass is 32.1. The van der Waals surface area contributed by atoms with Crippen molar-refractivity contribution in [3.8, 4) is 62.1 Å². The van der Waals surface area contributed by atoms with Gasteiger partial charge in [0.2, 0.25) is 0 Å². The van der Waals surface area contributed by atoms with Crippen molar-refractivity contribution < 1.29 is 6.85 Å².